The second kappa shape index (κ2) is 3.88. The average Bonchev–Trinajstić information content (AvgIpc) is 2.37. The Morgan fingerprint density at radius 1 is 1.82 bits per heavy atom. The highest BCUT2D eigenvalue weighted by Gasteiger charge is 1.92. The van der Waals surface area contributed by atoms with Crippen LogP contribution in [0.5, 0.6) is 0 Å². The summed E-state index contributed by atoms with van der Waals surface area (Å²) in [7, 11) is 0. The van der Waals surface area contributed by atoms with Gasteiger partial charge in [0, 0.05) is 11.6 Å². The molecule has 0 saturated heterocycles. The summed E-state index contributed by atoms with van der Waals surface area (Å²) in [6.07, 6.45) is 3.18. The molecule has 0 atom stereocenters. The number of aromatic nitrogens is 1. The van der Waals surface area contributed by atoms with Gasteiger partial charge in [-0.25, -0.2) is 4.98 Å². The van der Waals surface area contributed by atoms with Crippen LogP contribution in [0.3, 0.4) is 0 Å². The van der Waals surface area contributed by atoms with Gasteiger partial charge in [0.2, 0.25) is 5.13 Å². The molecule has 1 aromatic heterocycles. The molecule has 0 saturated carbocycles. The molecule has 4 heteroatoms. The van der Waals surface area contributed by atoms with E-state index in [0.29, 0.717) is 0 Å². The number of rotatable bonds is 3. The lowest BCUT2D eigenvalue weighted by Crippen LogP contribution is -1.86. The van der Waals surface area contributed by atoms with Crippen LogP contribution in [0, 0.1) is 6.92 Å². The Morgan fingerprint density at radius 2 is 2.64 bits per heavy atom. The van der Waals surface area contributed by atoms with Gasteiger partial charge >= 0.3 is 0 Å². The highest BCUT2D eigenvalue weighted by molar-refractivity contribution is 7.13. The van der Waals surface area contributed by atoms with E-state index in [1.54, 1.807) is 12.3 Å². The number of nitrogens with zero attached hydrogens (tertiary/aromatic N) is 2. The van der Waals surface area contributed by atoms with E-state index in [0.717, 1.165) is 10.8 Å². The normalized spacial score (nSPS) is 10.3. The molecule has 0 amide bonds. The molecule has 1 heterocycles. The summed E-state index contributed by atoms with van der Waals surface area (Å²) in [6.45, 7) is 5.43. The third-order valence-electron chi connectivity index (χ3n) is 0.959. The molecule has 0 aliphatic carbocycles. The van der Waals surface area contributed by atoms with Gasteiger partial charge in [0.15, 0.2) is 0 Å². The topological polar surface area (TPSA) is 37.3 Å². The maximum absolute atomic E-state index is 4.14. The van der Waals surface area contributed by atoms with Crippen molar-refractivity contribution in [2.45, 2.75) is 6.92 Å². The van der Waals surface area contributed by atoms with Crippen molar-refractivity contribution in [2.24, 2.45) is 5.10 Å². The molecule has 0 fully saturated rings. The number of hydrogen-bond donors (Lipinski definition) is 1. The van der Waals surface area contributed by atoms with E-state index < -0.39 is 0 Å². The zero-order chi connectivity index (χ0) is 8.10. The van der Waals surface area contributed by atoms with Crippen molar-refractivity contribution in [2.75, 3.05) is 5.43 Å². The van der Waals surface area contributed by atoms with Crippen LogP contribution in [0.4, 0.5) is 5.13 Å². The number of aryl methyl sites for hydroxylation is 1. The summed E-state index contributed by atoms with van der Waals surface area (Å²) >= 11 is 1.53. The first-order chi connectivity index (χ1) is 5.33. The summed E-state index contributed by atoms with van der Waals surface area (Å²) in [6, 6.07) is 0. The Labute approximate surface area is 69.5 Å². The molecule has 1 N–H and O–H groups in total. The Balaban J connectivity index is 2.51. The first kappa shape index (κ1) is 7.94. The number of hydrogen-bond acceptors (Lipinski definition) is 4. The van der Waals surface area contributed by atoms with Gasteiger partial charge in [-0.3, -0.25) is 5.43 Å². The molecule has 3 nitrogen and oxygen atoms in total. The lowest BCUT2D eigenvalue weighted by molar-refractivity contribution is 1.22. The number of allylic oxidation sites excluding steroid dienone is 1. The van der Waals surface area contributed by atoms with Crippen LogP contribution in [0.2, 0.25) is 0 Å². The van der Waals surface area contributed by atoms with Crippen LogP contribution >= 0.6 is 11.3 Å². The van der Waals surface area contributed by atoms with Gasteiger partial charge in [0.25, 0.3) is 0 Å². The molecular weight excluding hydrogens is 158 g/mol. The van der Waals surface area contributed by atoms with E-state index >= 15 is 0 Å². The van der Waals surface area contributed by atoms with Gasteiger partial charge < -0.3 is 0 Å². The molecule has 0 bridgehead atoms. The summed E-state index contributed by atoms with van der Waals surface area (Å²) in [4.78, 5) is 4.14. The zero-order valence-corrected chi connectivity index (χ0v) is 7.06. The number of thiazole rings is 1. The molecule has 0 spiro atoms. The van der Waals surface area contributed by atoms with Crippen molar-refractivity contribution in [1.82, 2.24) is 4.98 Å². The zero-order valence-electron chi connectivity index (χ0n) is 6.24. The monoisotopic (exact) mass is 167 g/mol. The molecule has 0 aliphatic heterocycles. The third-order valence-corrected chi connectivity index (χ3v) is 1.82. The second-order valence-electron chi connectivity index (χ2n) is 1.92. The van der Waals surface area contributed by atoms with E-state index in [-0.39, 0.29) is 0 Å². The Bertz CT molecular complexity index is 264. The predicted molar refractivity (Wildman–Crippen MR) is 49.2 cm³/mol. The average molecular weight is 167 g/mol. The van der Waals surface area contributed by atoms with Gasteiger partial charge in [0.1, 0.15) is 0 Å². The number of nitrogens with one attached hydrogen (secondary N) is 1. The molecule has 11 heavy (non-hydrogen) atoms. The Hall–Kier alpha value is -1.16. The van der Waals surface area contributed by atoms with Crippen molar-refractivity contribution < 1.29 is 0 Å². The fourth-order valence-corrected chi connectivity index (χ4v) is 1.19. The van der Waals surface area contributed by atoms with Gasteiger partial charge in [0.05, 0.1) is 5.69 Å². The van der Waals surface area contributed by atoms with Crippen LogP contribution in [-0.2, 0) is 0 Å². The van der Waals surface area contributed by atoms with E-state index in [2.05, 4.69) is 22.1 Å². The second-order valence-corrected chi connectivity index (χ2v) is 2.78. The summed E-state index contributed by atoms with van der Waals surface area (Å²) in [5, 5.41) is 6.60. The van der Waals surface area contributed by atoms with Gasteiger partial charge in [-0.15, -0.1) is 11.3 Å². The lowest BCUT2D eigenvalue weighted by Gasteiger charge is -1.88. The van der Waals surface area contributed by atoms with Crippen LogP contribution < -0.4 is 5.43 Å². The van der Waals surface area contributed by atoms with Crippen LogP contribution in [0.25, 0.3) is 0 Å². The molecule has 0 aromatic carbocycles. The van der Waals surface area contributed by atoms with Crippen LogP contribution in [0.1, 0.15) is 5.69 Å². The van der Waals surface area contributed by atoms with Crippen LogP contribution in [-0.4, -0.2) is 11.2 Å². The van der Waals surface area contributed by atoms with Crippen molar-refractivity contribution in [3.63, 3.8) is 0 Å². The largest absolute Gasteiger partial charge is 0.253 e. The van der Waals surface area contributed by atoms with Crippen molar-refractivity contribution in [3.05, 3.63) is 23.7 Å². The van der Waals surface area contributed by atoms with E-state index in [9.17, 15) is 0 Å². The SMILES string of the molecule is C=CC=NNc1nc(C)cs1. The minimum atomic E-state index is 0.806. The molecule has 0 aliphatic rings. The van der Waals surface area contributed by atoms with Crippen molar-refractivity contribution in [1.29, 1.82) is 0 Å². The molecule has 1 rings (SSSR count). The van der Waals surface area contributed by atoms with Gasteiger partial charge in [-0.05, 0) is 13.0 Å². The fourth-order valence-electron chi connectivity index (χ4n) is 0.551. The highest BCUT2D eigenvalue weighted by atomic mass is 32.1. The molecule has 0 unspecified atom stereocenters. The predicted octanol–water partition coefficient (Wildman–Crippen LogP) is 2.04. The Morgan fingerprint density at radius 3 is 3.18 bits per heavy atom. The maximum atomic E-state index is 4.14. The Kier molecular flexibility index (Phi) is 2.80. The summed E-state index contributed by atoms with van der Waals surface area (Å²) in [5.74, 6) is 0. The van der Waals surface area contributed by atoms with Crippen molar-refractivity contribution in [3.8, 4) is 0 Å². The van der Waals surface area contributed by atoms with Crippen LogP contribution in [0.15, 0.2) is 23.1 Å². The standard InChI is InChI=1S/C7H9N3S/c1-3-4-8-10-7-9-6(2)5-11-7/h3-5H,1H2,2H3,(H,9,10). The summed E-state index contributed by atoms with van der Waals surface area (Å²) < 4.78 is 0. The molecule has 58 valence electrons. The highest BCUT2D eigenvalue weighted by Crippen LogP contribution is 2.13. The minimum absolute atomic E-state index is 0.806. The van der Waals surface area contributed by atoms with Gasteiger partial charge in [-0.1, -0.05) is 6.58 Å². The van der Waals surface area contributed by atoms with E-state index in [1.807, 2.05) is 12.3 Å². The molecule has 1 aromatic rings. The quantitative estimate of drug-likeness (QED) is 0.552. The van der Waals surface area contributed by atoms with Gasteiger partial charge in [-0.2, -0.15) is 5.10 Å². The first-order valence-corrected chi connectivity index (χ1v) is 4.03. The van der Waals surface area contributed by atoms with E-state index in [4.69, 9.17) is 0 Å². The number of hydrazone groups is 1. The lowest BCUT2D eigenvalue weighted by atomic mass is 10.6. The van der Waals surface area contributed by atoms with Crippen molar-refractivity contribution >= 4 is 22.7 Å². The third kappa shape index (κ3) is 2.51. The maximum Gasteiger partial charge on any atom is 0.203 e. The number of anilines is 1. The minimum Gasteiger partial charge on any atom is -0.253 e. The molecular formula is C7H9N3S. The smallest absolute Gasteiger partial charge is 0.203 e. The summed E-state index contributed by atoms with van der Waals surface area (Å²) in [5.41, 5.74) is 3.78. The fraction of sp³-hybridized carbons (Fsp3) is 0.143. The molecule has 0 radical (unpaired) electrons. The first-order valence-electron chi connectivity index (χ1n) is 3.15. The van der Waals surface area contributed by atoms with E-state index in [1.165, 1.54) is 11.3 Å².